The van der Waals surface area contributed by atoms with E-state index in [4.69, 9.17) is 10.5 Å². The lowest BCUT2D eigenvalue weighted by molar-refractivity contribution is -0.128. The number of aliphatic hydroxyl groups is 2. The Balaban J connectivity index is 1.89. The van der Waals surface area contributed by atoms with Crippen LogP contribution in [0.5, 0.6) is 0 Å². The van der Waals surface area contributed by atoms with Crippen LogP contribution in [0.15, 0.2) is 36.9 Å². The molecule has 0 spiro atoms. The third-order valence-corrected chi connectivity index (χ3v) is 6.00. The molecular formula is C18H20IN5O3. The third-order valence-electron chi connectivity index (χ3n) is 5.28. The first kappa shape index (κ1) is 18.5. The summed E-state index contributed by atoms with van der Waals surface area (Å²) in [4.78, 5) is 12.7. The summed E-state index contributed by atoms with van der Waals surface area (Å²) in [5.74, 6) is 0.141. The molecule has 4 rings (SSSR count). The molecule has 1 aliphatic rings. The van der Waals surface area contributed by atoms with E-state index in [9.17, 15) is 10.2 Å². The van der Waals surface area contributed by atoms with Gasteiger partial charge in [-0.2, -0.15) is 0 Å². The van der Waals surface area contributed by atoms with Gasteiger partial charge in [0.2, 0.25) is 0 Å². The summed E-state index contributed by atoms with van der Waals surface area (Å²) in [7, 11) is 0. The van der Waals surface area contributed by atoms with Crippen LogP contribution in [-0.2, 0) is 10.5 Å². The first-order valence-electron chi connectivity index (χ1n) is 8.62. The standard InChI is InChI=1S/C18H20IN5O3/c1-10(11-2-4-12(19)5-3-11)18(6-13(26)14(7-25)27-18)24-9-23-15-16(20)21-8-22-17(15)24/h2-5,8-10,13-14,25-26H,6-7H2,1H3,(H2,20,21,22)/t10?,13-,14+,18-/m0/s1. The second-order valence-corrected chi connectivity index (χ2v) is 8.02. The molecule has 1 aromatic carbocycles. The van der Waals surface area contributed by atoms with Crippen molar-refractivity contribution in [1.29, 1.82) is 0 Å². The molecule has 8 nitrogen and oxygen atoms in total. The number of halogens is 1. The van der Waals surface area contributed by atoms with Crippen LogP contribution in [0.1, 0.15) is 24.8 Å². The molecule has 0 saturated carbocycles. The van der Waals surface area contributed by atoms with Crippen molar-refractivity contribution >= 4 is 39.6 Å². The van der Waals surface area contributed by atoms with Gasteiger partial charge in [0.1, 0.15) is 17.9 Å². The second kappa shape index (κ2) is 6.97. The first-order chi connectivity index (χ1) is 13.0. The Kier molecular flexibility index (Phi) is 4.78. The minimum Gasteiger partial charge on any atom is -0.394 e. The zero-order chi connectivity index (χ0) is 19.2. The van der Waals surface area contributed by atoms with Gasteiger partial charge in [-0.05, 0) is 40.3 Å². The number of hydrogen-bond acceptors (Lipinski definition) is 7. The Bertz CT molecular complexity index is 963. The van der Waals surface area contributed by atoms with Crippen molar-refractivity contribution in [3.05, 3.63) is 46.1 Å². The van der Waals surface area contributed by atoms with E-state index in [-0.39, 0.29) is 18.3 Å². The lowest BCUT2D eigenvalue weighted by Crippen LogP contribution is -2.39. The molecule has 27 heavy (non-hydrogen) atoms. The number of aromatic nitrogens is 4. The average Bonchev–Trinajstić information content (AvgIpc) is 3.24. The van der Waals surface area contributed by atoms with Gasteiger partial charge in [0.25, 0.3) is 0 Å². The Labute approximate surface area is 169 Å². The monoisotopic (exact) mass is 481 g/mol. The fraction of sp³-hybridized carbons (Fsp3) is 0.389. The Morgan fingerprint density at radius 2 is 2.07 bits per heavy atom. The molecule has 3 aromatic rings. The molecule has 0 amide bonds. The number of nitrogen functional groups attached to an aromatic ring is 1. The molecule has 0 radical (unpaired) electrons. The molecule has 142 valence electrons. The van der Waals surface area contributed by atoms with Crippen molar-refractivity contribution in [1.82, 2.24) is 19.5 Å². The zero-order valence-electron chi connectivity index (χ0n) is 14.7. The van der Waals surface area contributed by atoms with E-state index in [1.807, 2.05) is 35.8 Å². The molecule has 4 atom stereocenters. The fourth-order valence-corrected chi connectivity index (χ4v) is 4.12. The van der Waals surface area contributed by atoms with Gasteiger partial charge in [-0.3, -0.25) is 4.57 Å². The van der Waals surface area contributed by atoms with Crippen molar-refractivity contribution in [3.63, 3.8) is 0 Å². The maximum Gasteiger partial charge on any atom is 0.167 e. The minimum atomic E-state index is -0.963. The molecule has 2 aromatic heterocycles. The normalized spacial score (nSPS) is 26.5. The largest absolute Gasteiger partial charge is 0.394 e. The van der Waals surface area contributed by atoms with E-state index < -0.39 is 17.9 Å². The smallest absolute Gasteiger partial charge is 0.167 e. The molecule has 1 aliphatic heterocycles. The summed E-state index contributed by atoms with van der Waals surface area (Å²) in [5, 5.41) is 20.2. The van der Waals surface area contributed by atoms with Crippen molar-refractivity contribution in [2.24, 2.45) is 0 Å². The molecule has 9 heteroatoms. The predicted octanol–water partition coefficient (Wildman–Crippen LogP) is 1.61. The minimum absolute atomic E-state index is 0.144. The summed E-state index contributed by atoms with van der Waals surface area (Å²) in [6.45, 7) is 1.76. The van der Waals surface area contributed by atoms with Gasteiger partial charge in [0, 0.05) is 15.9 Å². The lowest BCUT2D eigenvalue weighted by Gasteiger charge is -2.37. The number of hydrogen-bond donors (Lipinski definition) is 3. The van der Waals surface area contributed by atoms with E-state index in [2.05, 4.69) is 37.5 Å². The van der Waals surface area contributed by atoms with Gasteiger partial charge in [-0.15, -0.1) is 0 Å². The van der Waals surface area contributed by atoms with Crippen LogP contribution in [0.25, 0.3) is 11.2 Å². The van der Waals surface area contributed by atoms with Gasteiger partial charge in [-0.25, -0.2) is 15.0 Å². The van der Waals surface area contributed by atoms with Crippen LogP contribution in [0, 0.1) is 3.57 Å². The number of nitrogens with zero attached hydrogens (tertiary/aromatic N) is 4. The van der Waals surface area contributed by atoms with Crippen molar-refractivity contribution in [3.8, 4) is 0 Å². The molecule has 3 heterocycles. The maximum atomic E-state index is 10.5. The number of anilines is 1. The van der Waals surface area contributed by atoms with E-state index in [0.717, 1.165) is 9.13 Å². The number of aliphatic hydroxyl groups excluding tert-OH is 2. The summed E-state index contributed by atoms with van der Waals surface area (Å²) in [6, 6.07) is 8.14. The van der Waals surface area contributed by atoms with Gasteiger partial charge in [0.05, 0.1) is 19.0 Å². The average molecular weight is 481 g/mol. The molecule has 4 N–H and O–H groups in total. The number of imidazole rings is 1. The van der Waals surface area contributed by atoms with Crippen molar-refractivity contribution in [2.45, 2.75) is 37.2 Å². The van der Waals surface area contributed by atoms with E-state index in [1.165, 1.54) is 6.33 Å². The molecule has 1 unspecified atom stereocenters. The number of rotatable bonds is 4. The van der Waals surface area contributed by atoms with Crippen molar-refractivity contribution < 1.29 is 14.9 Å². The lowest BCUT2D eigenvalue weighted by atomic mass is 9.87. The fourth-order valence-electron chi connectivity index (χ4n) is 3.76. The van der Waals surface area contributed by atoms with Crippen molar-refractivity contribution in [2.75, 3.05) is 12.3 Å². The van der Waals surface area contributed by atoms with Crippen LogP contribution in [0.3, 0.4) is 0 Å². The molecular weight excluding hydrogens is 461 g/mol. The Hall–Kier alpha value is -1.82. The highest BCUT2D eigenvalue weighted by Gasteiger charge is 2.51. The number of ether oxygens (including phenoxy) is 1. The molecule has 1 saturated heterocycles. The van der Waals surface area contributed by atoms with Gasteiger partial charge in [0.15, 0.2) is 17.2 Å². The van der Waals surface area contributed by atoms with E-state index >= 15 is 0 Å². The summed E-state index contributed by atoms with van der Waals surface area (Å²) >= 11 is 2.26. The topological polar surface area (TPSA) is 119 Å². The number of fused-ring (bicyclic) bond motifs is 1. The molecule has 0 aliphatic carbocycles. The quantitative estimate of drug-likeness (QED) is 0.485. The van der Waals surface area contributed by atoms with Crippen LogP contribution in [0.2, 0.25) is 0 Å². The summed E-state index contributed by atoms with van der Waals surface area (Å²) < 4.78 is 9.21. The van der Waals surface area contributed by atoms with Gasteiger partial charge >= 0.3 is 0 Å². The highest BCUT2D eigenvalue weighted by Crippen LogP contribution is 2.47. The highest BCUT2D eigenvalue weighted by molar-refractivity contribution is 14.1. The summed E-state index contributed by atoms with van der Waals surface area (Å²) in [5.41, 5.74) is 7.04. The second-order valence-electron chi connectivity index (χ2n) is 6.77. The summed E-state index contributed by atoms with van der Waals surface area (Å²) in [6.07, 6.45) is 1.80. The van der Waals surface area contributed by atoms with Crippen LogP contribution in [-0.4, -0.2) is 48.5 Å². The highest BCUT2D eigenvalue weighted by atomic mass is 127. The van der Waals surface area contributed by atoms with Crippen LogP contribution < -0.4 is 5.73 Å². The predicted molar refractivity (Wildman–Crippen MR) is 108 cm³/mol. The first-order valence-corrected chi connectivity index (χ1v) is 9.70. The number of benzene rings is 1. The van der Waals surface area contributed by atoms with Gasteiger partial charge in [-0.1, -0.05) is 19.1 Å². The van der Waals surface area contributed by atoms with E-state index in [0.29, 0.717) is 17.6 Å². The third kappa shape index (κ3) is 2.98. The Morgan fingerprint density at radius 1 is 1.33 bits per heavy atom. The van der Waals surface area contributed by atoms with Crippen LogP contribution in [0.4, 0.5) is 5.82 Å². The zero-order valence-corrected chi connectivity index (χ0v) is 16.8. The Morgan fingerprint density at radius 3 is 2.74 bits per heavy atom. The molecule has 1 fully saturated rings. The number of nitrogens with two attached hydrogens (primary N) is 1. The van der Waals surface area contributed by atoms with E-state index in [1.54, 1.807) is 6.33 Å². The van der Waals surface area contributed by atoms with Gasteiger partial charge < -0.3 is 20.7 Å². The SMILES string of the molecule is CC(c1ccc(I)cc1)[C@]1(n2cnc3c(N)ncnc32)C[C@H](O)[C@@H](CO)O1. The van der Waals surface area contributed by atoms with Crippen LogP contribution >= 0.6 is 22.6 Å². The maximum absolute atomic E-state index is 10.5. The molecule has 0 bridgehead atoms.